The molecule has 0 radical (unpaired) electrons. The Hall–Kier alpha value is -3.13. The molecular weight excluding hydrogens is 400 g/mol. The quantitative estimate of drug-likeness (QED) is 0.431. The van der Waals surface area contributed by atoms with Crippen molar-refractivity contribution in [2.45, 2.75) is 32.0 Å². The molecule has 3 aromatic rings. The van der Waals surface area contributed by atoms with Crippen molar-refractivity contribution in [2.75, 3.05) is 11.1 Å². The van der Waals surface area contributed by atoms with Gasteiger partial charge in [-0.15, -0.1) is 10.2 Å². The van der Waals surface area contributed by atoms with Crippen LogP contribution < -0.4 is 10.1 Å². The van der Waals surface area contributed by atoms with Gasteiger partial charge in [-0.25, -0.2) is 0 Å². The number of nitrogens with one attached hydrogen (secondary N) is 1. The minimum absolute atomic E-state index is 0.0119. The maximum absolute atomic E-state index is 12.3. The van der Waals surface area contributed by atoms with E-state index in [1.54, 1.807) is 24.3 Å². The van der Waals surface area contributed by atoms with Crippen molar-refractivity contribution in [3.05, 3.63) is 65.5 Å². The molecule has 0 aliphatic carbocycles. The summed E-state index contributed by atoms with van der Waals surface area (Å²) in [6, 6.07) is 14.6. The van der Waals surface area contributed by atoms with Crippen LogP contribution in [0.5, 0.6) is 5.75 Å². The Balaban J connectivity index is 1.57. The molecule has 8 heteroatoms. The number of benzene rings is 2. The number of carbonyl (C=O) groups is 2. The van der Waals surface area contributed by atoms with Crippen molar-refractivity contribution in [3.8, 4) is 5.75 Å². The Morgan fingerprint density at radius 3 is 2.50 bits per heavy atom. The third-order valence-corrected chi connectivity index (χ3v) is 5.56. The predicted molar refractivity (Wildman–Crippen MR) is 117 cm³/mol. The predicted octanol–water partition coefficient (Wildman–Crippen LogP) is 4.20. The van der Waals surface area contributed by atoms with Crippen LogP contribution in [0.2, 0.25) is 0 Å². The molecule has 1 atom stereocenters. The first-order valence-corrected chi connectivity index (χ1v) is 10.5. The average Bonchev–Trinajstić information content (AvgIpc) is 3.09. The van der Waals surface area contributed by atoms with Crippen molar-refractivity contribution >= 4 is 29.1 Å². The fourth-order valence-corrected chi connectivity index (χ4v) is 3.57. The van der Waals surface area contributed by atoms with Gasteiger partial charge in [0.05, 0.1) is 5.75 Å². The first-order valence-electron chi connectivity index (χ1n) is 9.50. The number of para-hydroxylation sites is 1. The molecule has 1 heterocycles. The third-order valence-electron chi connectivity index (χ3n) is 4.54. The van der Waals surface area contributed by atoms with E-state index < -0.39 is 0 Å². The highest BCUT2D eigenvalue weighted by atomic mass is 32.2. The van der Waals surface area contributed by atoms with Crippen LogP contribution in [0.1, 0.15) is 41.7 Å². The lowest BCUT2D eigenvalue weighted by molar-refractivity contribution is -0.113. The molecule has 30 heavy (non-hydrogen) atoms. The lowest BCUT2D eigenvalue weighted by atomic mass is 10.1. The summed E-state index contributed by atoms with van der Waals surface area (Å²) in [7, 11) is 1.85. The van der Waals surface area contributed by atoms with Gasteiger partial charge in [-0.2, -0.15) is 0 Å². The van der Waals surface area contributed by atoms with E-state index in [1.165, 1.54) is 18.7 Å². The fourth-order valence-electron chi connectivity index (χ4n) is 2.85. The van der Waals surface area contributed by atoms with Crippen LogP contribution in [-0.2, 0) is 11.8 Å². The second-order valence-electron chi connectivity index (χ2n) is 6.90. The summed E-state index contributed by atoms with van der Waals surface area (Å²) in [5.41, 5.74) is 2.30. The second-order valence-corrected chi connectivity index (χ2v) is 7.84. The van der Waals surface area contributed by atoms with Gasteiger partial charge in [0.15, 0.2) is 22.9 Å². The summed E-state index contributed by atoms with van der Waals surface area (Å²) in [6.45, 7) is 5.42. The Kier molecular flexibility index (Phi) is 6.89. The number of carbonyl (C=O) groups excluding carboxylic acids is 2. The van der Waals surface area contributed by atoms with E-state index in [0.717, 1.165) is 11.3 Å². The van der Waals surface area contributed by atoms with Gasteiger partial charge in [-0.1, -0.05) is 30.0 Å². The molecule has 0 bridgehead atoms. The van der Waals surface area contributed by atoms with Crippen LogP contribution in [0.25, 0.3) is 0 Å². The Morgan fingerprint density at radius 2 is 1.83 bits per heavy atom. The minimum Gasteiger partial charge on any atom is -0.482 e. The van der Waals surface area contributed by atoms with E-state index in [-0.39, 0.29) is 23.5 Å². The summed E-state index contributed by atoms with van der Waals surface area (Å²) in [5, 5.41) is 11.9. The molecular formula is C22H24N4O3S. The molecule has 7 nitrogen and oxygen atoms in total. The first kappa shape index (κ1) is 21.6. The zero-order chi connectivity index (χ0) is 21.7. The number of aromatic nitrogens is 3. The SMILES string of the molecule is CC(=O)c1ccc(NC(=O)CSc2nnc(C(C)Oc3ccccc3C)n2C)cc1. The van der Waals surface area contributed by atoms with Crippen molar-refractivity contribution < 1.29 is 14.3 Å². The molecule has 0 spiro atoms. The molecule has 0 saturated carbocycles. The summed E-state index contributed by atoms with van der Waals surface area (Å²) in [5.74, 6) is 1.50. The van der Waals surface area contributed by atoms with E-state index in [4.69, 9.17) is 4.74 Å². The van der Waals surface area contributed by atoms with E-state index >= 15 is 0 Å². The number of nitrogens with zero attached hydrogens (tertiary/aromatic N) is 3. The molecule has 1 unspecified atom stereocenters. The minimum atomic E-state index is -0.286. The maximum Gasteiger partial charge on any atom is 0.234 e. The van der Waals surface area contributed by atoms with Crippen LogP contribution in [0.4, 0.5) is 5.69 Å². The average molecular weight is 425 g/mol. The molecule has 0 saturated heterocycles. The fraction of sp³-hybridized carbons (Fsp3) is 0.273. The second kappa shape index (κ2) is 9.58. The van der Waals surface area contributed by atoms with Gasteiger partial charge < -0.3 is 14.6 Å². The van der Waals surface area contributed by atoms with E-state index in [1.807, 2.05) is 49.7 Å². The highest BCUT2D eigenvalue weighted by Crippen LogP contribution is 2.25. The Bertz CT molecular complexity index is 1050. The molecule has 3 rings (SSSR count). The molecule has 1 aromatic heterocycles. The van der Waals surface area contributed by atoms with Gasteiger partial charge in [-0.3, -0.25) is 9.59 Å². The van der Waals surface area contributed by atoms with E-state index in [2.05, 4.69) is 15.5 Å². The van der Waals surface area contributed by atoms with Crippen LogP contribution in [-0.4, -0.2) is 32.2 Å². The first-order chi connectivity index (χ1) is 14.3. The molecule has 1 N–H and O–H groups in total. The Morgan fingerprint density at radius 1 is 1.13 bits per heavy atom. The number of rotatable bonds is 8. The number of thioether (sulfide) groups is 1. The van der Waals surface area contributed by atoms with Gasteiger partial charge in [0, 0.05) is 18.3 Å². The number of ether oxygens (including phenoxy) is 1. The van der Waals surface area contributed by atoms with Gasteiger partial charge in [0.1, 0.15) is 5.75 Å². The van der Waals surface area contributed by atoms with Crippen molar-refractivity contribution in [1.82, 2.24) is 14.8 Å². The highest BCUT2D eigenvalue weighted by Gasteiger charge is 2.18. The van der Waals surface area contributed by atoms with Crippen LogP contribution in [0.15, 0.2) is 53.7 Å². The third kappa shape index (κ3) is 5.27. The molecule has 0 fully saturated rings. The van der Waals surface area contributed by atoms with Crippen LogP contribution in [0.3, 0.4) is 0 Å². The molecule has 156 valence electrons. The normalized spacial score (nSPS) is 11.7. The number of hydrogen-bond acceptors (Lipinski definition) is 6. The van der Waals surface area contributed by atoms with Crippen molar-refractivity contribution in [3.63, 3.8) is 0 Å². The highest BCUT2D eigenvalue weighted by molar-refractivity contribution is 7.99. The van der Waals surface area contributed by atoms with Crippen LogP contribution >= 0.6 is 11.8 Å². The molecule has 0 aliphatic heterocycles. The number of hydrogen-bond donors (Lipinski definition) is 1. The maximum atomic E-state index is 12.3. The van der Waals surface area contributed by atoms with Crippen molar-refractivity contribution in [2.24, 2.45) is 7.05 Å². The van der Waals surface area contributed by atoms with E-state index in [0.29, 0.717) is 22.2 Å². The monoisotopic (exact) mass is 424 g/mol. The number of anilines is 1. The van der Waals surface area contributed by atoms with Crippen molar-refractivity contribution in [1.29, 1.82) is 0 Å². The Labute approximate surface area is 179 Å². The number of amides is 1. The molecule has 2 aromatic carbocycles. The number of ketones is 1. The zero-order valence-corrected chi connectivity index (χ0v) is 18.2. The van der Waals surface area contributed by atoms with E-state index in [9.17, 15) is 9.59 Å². The van der Waals surface area contributed by atoms with Gasteiger partial charge >= 0.3 is 0 Å². The summed E-state index contributed by atoms with van der Waals surface area (Å²) in [4.78, 5) is 23.6. The lowest BCUT2D eigenvalue weighted by Gasteiger charge is -2.15. The van der Waals surface area contributed by atoms with Gasteiger partial charge in [0.2, 0.25) is 5.91 Å². The summed E-state index contributed by atoms with van der Waals surface area (Å²) < 4.78 is 7.86. The zero-order valence-electron chi connectivity index (χ0n) is 17.4. The topological polar surface area (TPSA) is 86.1 Å². The number of aryl methyl sites for hydroxylation is 1. The van der Waals surface area contributed by atoms with Gasteiger partial charge in [-0.05, 0) is 56.7 Å². The molecule has 0 aliphatic rings. The van der Waals surface area contributed by atoms with Crippen LogP contribution in [0, 0.1) is 6.92 Å². The summed E-state index contributed by atoms with van der Waals surface area (Å²) >= 11 is 1.30. The smallest absolute Gasteiger partial charge is 0.234 e. The lowest BCUT2D eigenvalue weighted by Crippen LogP contribution is -2.15. The largest absolute Gasteiger partial charge is 0.482 e. The number of Topliss-reactive ketones (excluding diaryl/α,β-unsaturated/α-hetero) is 1. The summed E-state index contributed by atoms with van der Waals surface area (Å²) in [6.07, 6.45) is -0.286. The standard InChI is InChI=1S/C22H24N4O3S/c1-14-7-5-6-8-19(14)29-16(3)21-24-25-22(26(21)4)30-13-20(28)23-18-11-9-17(10-12-18)15(2)27/h5-12,16H,13H2,1-4H3,(H,23,28). The molecule has 1 amide bonds. The van der Waals surface area contributed by atoms with Gasteiger partial charge in [0.25, 0.3) is 0 Å².